The predicted molar refractivity (Wildman–Crippen MR) is 393 cm³/mol. The van der Waals surface area contributed by atoms with Gasteiger partial charge in [-0.15, -0.1) is 0 Å². The van der Waals surface area contributed by atoms with E-state index in [0.717, 1.165) is 150 Å². The number of carbonyl (C=O) groups is 6. The maximum Gasteiger partial charge on any atom is 0.313 e. The van der Waals surface area contributed by atoms with Crippen LogP contribution in [0.5, 0.6) is 0 Å². The lowest BCUT2D eigenvalue weighted by Gasteiger charge is -2.39. The molecule has 6 atom stereocenters. The predicted octanol–water partition coefficient (Wildman–Crippen LogP) is 7.99. The van der Waals surface area contributed by atoms with Crippen LogP contribution in [0.1, 0.15) is 111 Å². The van der Waals surface area contributed by atoms with Gasteiger partial charge in [0, 0.05) is 115 Å². The summed E-state index contributed by atoms with van der Waals surface area (Å²) >= 11 is 0. The molecule has 0 saturated carbocycles. The number of nitrogens with one attached hydrogen (secondary N) is 3. The largest absolute Gasteiger partial charge is 0.383 e. The number of carbonyl (C=O) groups excluding carboxylic acids is 6. The number of piperidine rings is 3. The summed E-state index contributed by atoms with van der Waals surface area (Å²) in [5.41, 5.74) is 27.8. The zero-order chi connectivity index (χ0) is 70.6. The number of likely N-dealkylation sites (N-methyl/N-ethyl adjacent to an activating group) is 3. The molecular weight excluding hydrogens is 1250 g/mol. The summed E-state index contributed by atoms with van der Waals surface area (Å²) in [5.74, 6) is -1.19. The second kappa shape index (κ2) is 33.0. The van der Waals surface area contributed by atoms with Gasteiger partial charge in [-0.1, -0.05) is 57.2 Å². The molecule has 6 saturated heterocycles. The molecule has 0 unspecified atom stereocenters. The number of hydrogen-bond donors (Lipinski definition) is 6. The van der Waals surface area contributed by atoms with Crippen molar-refractivity contribution < 1.29 is 28.8 Å². The van der Waals surface area contributed by atoms with Gasteiger partial charge in [0.05, 0.1) is 53.8 Å². The molecule has 9 N–H and O–H groups in total. The van der Waals surface area contributed by atoms with Crippen LogP contribution >= 0.6 is 0 Å². The van der Waals surface area contributed by atoms with Crippen LogP contribution in [0.15, 0.2) is 110 Å². The minimum absolute atomic E-state index is 0.104. The average Bonchev–Trinajstić information content (AvgIpc) is 0.824. The van der Waals surface area contributed by atoms with Crippen LogP contribution in [-0.2, 0) is 28.8 Å². The zero-order valence-corrected chi connectivity index (χ0v) is 59.3. The first-order valence-corrected chi connectivity index (χ1v) is 35.1. The number of nitrogen functional groups attached to an aromatic ring is 3. The van der Waals surface area contributed by atoms with Crippen molar-refractivity contribution in [3.05, 3.63) is 143 Å². The first-order valence-electron chi connectivity index (χ1n) is 35.1. The van der Waals surface area contributed by atoms with E-state index in [1.807, 2.05) is 20.8 Å². The van der Waals surface area contributed by atoms with E-state index in [9.17, 15) is 28.8 Å². The Bertz CT molecular complexity index is 3390. The number of likely N-dealkylation sites (tertiary alicyclic amines) is 3. The summed E-state index contributed by atoms with van der Waals surface area (Å²) in [7, 11) is 6.45. The Kier molecular flexibility index (Phi) is 24.1. The monoisotopic (exact) mass is 1350 g/mol. The molecule has 6 aliphatic heterocycles. The molecule has 528 valence electrons. The highest BCUT2D eigenvalue weighted by Gasteiger charge is 2.38. The SMILES string of the molecule is Cc1cc(NC(=O)C(=O)N2C[C@@H](C)CC[C@@H]2c2ccc(N3CCN(C)CC3)cc2)cnc1N.Cc1cc(NC(=O)C(=O)N2C[C@@H](C)CC[C@@H]2c2ccc(N3CCN(C)CC3)cc2)cnc1N.Cc1cc(NC(=O)C(=O)N2C[C@H](C)CC[C@H]2c2ccc(N3CCN(C)CC3)cc2)cnc1N. The lowest BCUT2D eigenvalue weighted by molar-refractivity contribution is -0.146. The van der Waals surface area contributed by atoms with Gasteiger partial charge in [-0.3, -0.25) is 28.8 Å². The zero-order valence-electron chi connectivity index (χ0n) is 59.3. The Morgan fingerprint density at radius 2 is 0.596 bits per heavy atom. The summed E-state index contributed by atoms with van der Waals surface area (Å²) in [5, 5.41) is 8.07. The molecular formula is C75H102N18O6. The average molecular weight is 1350 g/mol. The first-order chi connectivity index (χ1) is 47.4. The van der Waals surface area contributed by atoms with Gasteiger partial charge in [0.25, 0.3) is 0 Å². The highest BCUT2D eigenvalue weighted by atomic mass is 16.2. The maximum atomic E-state index is 13.2. The van der Waals surface area contributed by atoms with Crippen LogP contribution in [0.4, 0.5) is 51.6 Å². The third-order valence-corrected chi connectivity index (χ3v) is 20.4. The van der Waals surface area contributed by atoms with E-state index in [-0.39, 0.29) is 18.1 Å². The summed E-state index contributed by atoms with van der Waals surface area (Å²) < 4.78 is 0. The van der Waals surface area contributed by atoms with E-state index in [1.54, 1.807) is 32.9 Å². The number of benzene rings is 3. The van der Waals surface area contributed by atoms with Crippen molar-refractivity contribution in [3.63, 3.8) is 0 Å². The van der Waals surface area contributed by atoms with Gasteiger partial charge >= 0.3 is 35.4 Å². The van der Waals surface area contributed by atoms with Crippen LogP contribution in [0.25, 0.3) is 0 Å². The Balaban J connectivity index is 0.000000161. The molecule has 6 amide bonds. The van der Waals surface area contributed by atoms with Gasteiger partial charge in [-0.05, 0) is 186 Å². The van der Waals surface area contributed by atoms with Crippen molar-refractivity contribution in [3.8, 4) is 0 Å². The summed E-state index contributed by atoms with van der Waals surface area (Å²) in [6, 6.07) is 30.4. The lowest BCUT2D eigenvalue weighted by atomic mass is 9.89. The highest BCUT2D eigenvalue weighted by Crippen LogP contribution is 2.38. The molecule has 6 aromatic rings. The highest BCUT2D eigenvalue weighted by molar-refractivity contribution is 6.40. The number of rotatable bonds is 9. The minimum atomic E-state index is -0.644. The van der Waals surface area contributed by atoms with E-state index >= 15 is 0 Å². The Hall–Kier alpha value is -9.39. The topological polar surface area (TPSA) is 284 Å². The molecule has 9 heterocycles. The maximum absolute atomic E-state index is 13.2. The Morgan fingerprint density at radius 1 is 0.364 bits per heavy atom. The van der Waals surface area contributed by atoms with Gasteiger partial charge in [0.2, 0.25) is 0 Å². The summed E-state index contributed by atoms with van der Waals surface area (Å²) in [6.07, 6.45) is 10.0. The molecule has 99 heavy (non-hydrogen) atoms. The van der Waals surface area contributed by atoms with E-state index in [2.05, 4.69) is 175 Å². The molecule has 24 heteroatoms. The van der Waals surface area contributed by atoms with Crippen LogP contribution in [0.3, 0.4) is 0 Å². The van der Waals surface area contributed by atoms with Crippen molar-refractivity contribution in [1.29, 1.82) is 0 Å². The third kappa shape index (κ3) is 18.7. The molecule has 0 radical (unpaired) electrons. The van der Waals surface area contributed by atoms with Crippen LogP contribution in [0.2, 0.25) is 0 Å². The van der Waals surface area contributed by atoms with Crippen molar-refractivity contribution in [1.82, 2.24) is 44.4 Å². The van der Waals surface area contributed by atoms with Crippen LogP contribution in [-0.4, -0.2) is 199 Å². The summed E-state index contributed by atoms with van der Waals surface area (Å²) in [4.78, 5) is 110. The van der Waals surface area contributed by atoms with E-state index in [4.69, 9.17) is 17.2 Å². The number of pyridine rings is 3. The molecule has 0 bridgehead atoms. The fraction of sp³-hybridized carbons (Fsp3) is 0.480. The molecule has 0 spiro atoms. The van der Waals surface area contributed by atoms with Crippen LogP contribution < -0.4 is 47.9 Å². The molecule has 3 aromatic heterocycles. The second-order valence-corrected chi connectivity index (χ2v) is 28.3. The smallest absolute Gasteiger partial charge is 0.313 e. The number of hydrogen-bond acceptors (Lipinski definition) is 18. The quantitative estimate of drug-likeness (QED) is 0.0748. The molecule has 3 aromatic carbocycles. The number of anilines is 9. The van der Waals surface area contributed by atoms with Gasteiger partial charge in [-0.25, -0.2) is 15.0 Å². The number of aryl methyl sites for hydroxylation is 3. The normalized spacial score (nSPS) is 21.7. The van der Waals surface area contributed by atoms with Gasteiger partial charge in [0.15, 0.2) is 0 Å². The lowest BCUT2D eigenvalue weighted by Crippen LogP contribution is -2.46. The number of aromatic nitrogens is 3. The van der Waals surface area contributed by atoms with Gasteiger partial charge in [0.1, 0.15) is 17.5 Å². The van der Waals surface area contributed by atoms with Crippen LogP contribution in [0, 0.1) is 38.5 Å². The molecule has 6 aliphatic rings. The minimum Gasteiger partial charge on any atom is -0.383 e. The molecule has 0 aliphatic carbocycles. The standard InChI is InChI=1S/3C25H34N6O2/c3*1-17-4-9-22(19-5-7-21(8-6-19)30-12-10-29(3)11-13-30)31(16-17)25(33)24(32)28-20-14-18(2)23(26)27-15-20/h3*5-8,14-15,17,22H,4,9-13,16H2,1-3H3,(H2,26,27)(H,28,32)/t3*17-,22+/m100/s1. The number of nitrogens with two attached hydrogens (primary N) is 3. The van der Waals surface area contributed by atoms with E-state index in [1.165, 1.54) is 35.7 Å². The summed E-state index contributed by atoms with van der Waals surface area (Å²) in [6.45, 7) is 25.9. The molecule has 12 rings (SSSR count). The number of piperazine rings is 3. The van der Waals surface area contributed by atoms with Crippen molar-refractivity contribution >= 4 is 87.0 Å². The molecule has 6 fully saturated rings. The van der Waals surface area contributed by atoms with Crippen molar-refractivity contribution in [2.75, 3.05) is 167 Å². The Labute approximate surface area is 583 Å². The van der Waals surface area contributed by atoms with Gasteiger partial charge < -0.3 is 77.3 Å². The van der Waals surface area contributed by atoms with Gasteiger partial charge in [-0.2, -0.15) is 0 Å². The fourth-order valence-corrected chi connectivity index (χ4v) is 14.0. The van der Waals surface area contributed by atoms with Crippen molar-refractivity contribution in [2.24, 2.45) is 17.8 Å². The number of amides is 6. The van der Waals surface area contributed by atoms with E-state index < -0.39 is 35.4 Å². The Morgan fingerprint density at radius 3 is 0.818 bits per heavy atom. The fourth-order valence-electron chi connectivity index (χ4n) is 14.0. The number of nitrogens with zero attached hydrogens (tertiary/aromatic N) is 12. The first kappa shape index (κ1) is 72.4. The van der Waals surface area contributed by atoms with Crippen molar-refractivity contribution in [2.45, 2.75) is 98.2 Å². The second-order valence-electron chi connectivity index (χ2n) is 28.3. The third-order valence-electron chi connectivity index (χ3n) is 20.4. The van der Waals surface area contributed by atoms with E-state index in [0.29, 0.717) is 71.9 Å². The molecule has 24 nitrogen and oxygen atoms in total.